The Morgan fingerprint density at radius 1 is 0.542 bits per heavy atom. The van der Waals surface area contributed by atoms with Gasteiger partial charge in [-0.25, -0.2) is 19.5 Å². The van der Waals surface area contributed by atoms with Crippen LogP contribution in [0.5, 0.6) is 0 Å². The van der Waals surface area contributed by atoms with Crippen LogP contribution in [-0.4, -0.2) is 19.0 Å². The number of benzene rings is 6. The van der Waals surface area contributed by atoms with E-state index in [1.165, 1.54) is 55.9 Å². The van der Waals surface area contributed by atoms with Crippen LogP contribution in [0.2, 0.25) is 0 Å². The number of nitrogens with zero attached hydrogens (tertiary/aromatic N) is 13. The number of hydrogen-bond donors (Lipinski definition) is 0. The molecule has 0 radical (unpaired) electrons. The number of furan rings is 1. The molecule has 14 heteroatoms. The van der Waals surface area contributed by atoms with E-state index in [2.05, 4.69) is 125 Å². The second kappa shape index (κ2) is 15.8. The number of aromatic nitrogens is 7. The Morgan fingerprint density at radius 3 is 1.61 bits per heavy atom. The number of fused-ring (bicyclic) bond motifs is 18. The molecule has 0 atom stereocenters. The van der Waals surface area contributed by atoms with E-state index >= 15 is 0 Å². The summed E-state index contributed by atoms with van der Waals surface area (Å²) in [5.74, 6) is 0. The molecule has 14 rings (SSSR count). The molecule has 0 saturated carbocycles. The highest BCUT2D eigenvalue weighted by Gasteiger charge is 2.35. The standard InChI is InChI=1S/C21H10N5O.C19H15N4.C18H13N4/c1-23-17-4-5-18-16(15(17)9-22)11-25-10-12-7-14-13-3-2-6-24-21(13)27-20(14)8-19(12)26(18)25;1-11-7-12(2)19-15(13(11)3)9-22-10-16-14(8-20)17(21-4)5-6-18(16)23(19)22;1-11-4-5-12(2)18-14(11)9-21-10-15-13(8-19)16(20-3)6-7-17(15)22(18)21/h2-8,11H,10H2;5-7,10H,9H2,1-3H3;4-7,10H,9H2,1-2H3/q3*+1. The van der Waals surface area contributed by atoms with Crippen molar-refractivity contribution in [1.29, 1.82) is 15.8 Å². The van der Waals surface area contributed by atoms with Crippen LogP contribution in [-0.2, 0) is 19.6 Å². The fourth-order valence-corrected chi connectivity index (χ4v) is 11.0. The predicted octanol–water partition coefficient (Wildman–Crippen LogP) is 10.9. The van der Waals surface area contributed by atoms with Crippen LogP contribution < -0.4 is 14.0 Å². The second-order valence-electron chi connectivity index (χ2n) is 18.4. The average molecular weight is 933 g/mol. The van der Waals surface area contributed by atoms with Gasteiger partial charge < -0.3 is 4.42 Å². The van der Waals surface area contributed by atoms with Crippen molar-refractivity contribution in [3.63, 3.8) is 0 Å². The van der Waals surface area contributed by atoms with Crippen molar-refractivity contribution in [1.82, 2.24) is 19.0 Å². The van der Waals surface area contributed by atoms with Gasteiger partial charge in [-0.05, 0) is 98.8 Å². The molecule has 338 valence electrons. The van der Waals surface area contributed by atoms with E-state index in [1.807, 2.05) is 55.0 Å². The highest BCUT2D eigenvalue weighted by atomic mass is 16.3. The summed E-state index contributed by atoms with van der Waals surface area (Å²) >= 11 is 0. The van der Waals surface area contributed by atoms with Gasteiger partial charge in [-0.2, -0.15) is 15.8 Å². The molecule has 0 N–H and O–H groups in total. The minimum absolute atomic E-state index is 0.383. The molecule has 0 fully saturated rings. The minimum Gasteiger partial charge on any atom is -0.438 e. The first-order chi connectivity index (χ1) is 35.0. The summed E-state index contributed by atoms with van der Waals surface area (Å²) in [5.41, 5.74) is 20.5. The van der Waals surface area contributed by atoms with Gasteiger partial charge in [0.1, 0.15) is 39.2 Å². The normalized spacial score (nSPS) is 12.0. The van der Waals surface area contributed by atoms with Crippen molar-refractivity contribution in [2.75, 3.05) is 0 Å². The monoisotopic (exact) mass is 932 g/mol. The van der Waals surface area contributed by atoms with Gasteiger partial charge in [-0.3, -0.25) is 0 Å². The van der Waals surface area contributed by atoms with Crippen molar-refractivity contribution in [2.24, 2.45) is 0 Å². The number of rotatable bonds is 0. The lowest BCUT2D eigenvalue weighted by molar-refractivity contribution is -0.749. The smallest absolute Gasteiger partial charge is 0.227 e. The molecule has 0 amide bonds. The van der Waals surface area contributed by atoms with Crippen LogP contribution >= 0.6 is 0 Å². The summed E-state index contributed by atoms with van der Waals surface area (Å²) in [6.07, 6.45) is 7.66. The van der Waals surface area contributed by atoms with Crippen molar-refractivity contribution < 1.29 is 18.5 Å². The van der Waals surface area contributed by atoms with Gasteiger partial charge in [-0.1, -0.05) is 36.4 Å². The van der Waals surface area contributed by atoms with Gasteiger partial charge in [0.25, 0.3) is 0 Å². The summed E-state index contributed by atoms with van der Waals surface area (Å²) < 4.78 is 18.7. The van der Waals surface area contributed by atoms with E-state index in [4.69, 9.17) is 24.1 Å². The summed E-state index contributed by atoms with van der Waals surface area (Å²) in [7, 11) is 0. The van der Waals surface area contributed by atoms with Gasteiger partial charge in [-0.15, -0.1) is 28.1 Å². The first kappa shape index (κ1) is 42.9. The molecule has 5 aromatic heterocycles. The molecule has 14 nitrogen and oxygen atoms in total. The number of hydrogen-bond acceptors (Lipinski definition) is 5. The molecule has 0 spiro atoms. The Kier molecular flexibility index (Phi) is 9.45. The highest BCUT2D eigenvalue weighted by Crippen LogP contribution is 2.38. The third-order valence-corrected chi connectivity index (χ3v) is 14.5. The molecule has 0 unspecified atom stereocenters. The maximum atomic E-state index is 9.52. The summed E-state index contributed by atoms with van der Waals surface area (Å²) in [5, 5.41) is 33.0. The third kappa shape index (κ3) is 6.01. The largest absolute Gasteiger partial charge is 0.438 e. The molecule has 0 aliphatic carbocycles. The highest BCUT2D eigenvalue weighted by molar-refractivity contribution is 6.05. The topological polar surface area (TPSA) is 137 Å². The molecular weight excluding hydrogens is 895 g/mol. The zero-order chi connectivity index (χ0) is 49.9. The number of pyridine rings is 1. The van der Waals surface area contributed by atoms with Gasteiger partial charge in [0.15, 0.2) is 19.6 Å². The molecular formula is C58H38N13O+3. The van der Waals surface area contributed by atoms with Crippen molar-refractivity contribution in [3.05, 3.63) is 199 Å². The zero-order valence-corrected chi connectivity index (χ0v) is 39.7. The lowest BCUT2D eigenvalue weighted by Gasteiger charge is -2.08. The zero-order valence-electron chi connectivity index (χ0n) is 39.7. The number of aryl methyl sites for hydroxylation is 4. The van der Waals surface area contributed by atoms with E-state index in [-0.39, 0.29) is 0 Å². The number of nitriles is 3. The molecule has 6 aromatic carbocycles. The fraction of sp³-hybridized carbons (Fsp3) is 0.138. The molecule has 72 heavy (non-hydrogen) atoms. The molecule has 3 aliphatic heterocycles. The van der Waals surface area contributed by atoms with Crippen LogP contribution in [0.4, 0.5) is 17.1 Å². The Balaban J connectivity index is 0.000000111. The maximum Gasteiger partial charge on any atom is 0.227 e. The van der Waals surface area contributed by atoms with Crippen LogP contribution in [0.1, 0.15) is 61.2 Å². The fourth-order valence-electron chi connectivity index (χ4n) is 11.0. The second-order valence-corrected chi connectivity index (χ2v) is 18.4. The van der Waals surface area contributed by atoms with Gasteiger partial charge >= 0.3 is 0 Å². The Labute approximate surface area is 412 Å². The average Bonchev–Trinajstić information content (AvgIpc) is 4.27. The van der Waals surface area contributed by atoms with Crippen LogP contribution in [0, 0.1) is 88.3 Å². The quantitative estimate of drug-likeness (QED) is 0.110. The molecule has 0 bridgehead atoms. The van der Waals surface area contributed by atoms with E-state index in [0.29, 0.717) is 46.0 Å². The summed E-state index contributed by atoms with van der Waals surface area (Å²) in [6, 6.07) is 32.2. The predicted molar refractivity (Wildman–Crippen MR) is 269 cm³/mol. The maximum absolute atomic E-state index is 9.52. The van der Waals surface area contributed by atoms with Crippen LogP contribution in [0.15, 0.2) is 108 Å². The first-order valence-corrected chi connectivity index (χ1v) is 23.1. The minimum atomic E-state index is 0.383. The van der Waals surface area contributed by atoms with Crippen molar-refractivity contribution in [2.45, 2.75) is 54.3 Å². The molecule has 3 aliphatic rings. The Hall–Kier alpha value is -10.4. The summed E-state index contributed by atoms with van der Waals surface area (Å²) in [6.45, 7) is 34.7. The molecule has 11 aromatic rings. The van der Waals surface area contributed by atoms with Gasteiger partial charge in [0.2, 0.25) is 41.4 Å². The lowest BCUT2D eigenvalue weighted by atomic mass is 9.97. The first-order valence-electron chi connectivity index (χ1n) is 23.1. The van der Waals surface area contributed by atoms with E-state index in [1.54, 1.807) is 24.4 Å². The SMILES string of the molecule is [C-]#[N+]c1ccc2c(c[n+]3n2-c2c(C)cc(C)c(C)c2C3)c1C#N.[C-]#[N+]c1ccc2c(c[n+]3n2-c2c(C)ccc(C)c2C3)c1C#N.[C-]#[N+]c1ccc2c(c[n+]3n2-c2cc4oc5ncccc5c4cc2C3)c1C#N. The third-order valence-electron chi connectivity index (χ3n) is 14.5. The van der Waals surface area contributed by atoms with Crippen LogP contribution in [0.25, 0.3) is 86.4 Å². The Bertz CT molecular complexity index is 4570. The van der Waals surface area contributed by atoms with Crippen molar-refractivity contribution >= 4 is 71.8 Å². The lowest BCUT2D eigenvalue weighted by Crippen LogP contribution is -2.36. The summed E-state index contributed by atoms with van der Waals surface area (Å²) in [4.78, 5) is 14.7. The Morgan fingerprint density at radius 2 is 1.06 bits per heavy atom. The van der Waals surface area contributed by atoms with E-state index < -0.39 is 0 Å². The van der Waals surface area contributed by atoms with Gasteiger partial charge in [0.05, 0.1) is 81.9 Å². The molecule has 0 saturated heterocycles. The molecule has 8 heterocycles. The van der Waals surface area contributed by atoms with Crippen LogP contribution in [0.3, 0.4) is 0 Å². The van der Waals surface area contributed by atoms with E-state index in [9.17, 15) is 15.8 Å². The van der Waals surface area contributed by atoms with Gasteiger partial charge in [0, 0.05) is 28.6 Å². The van der Waals surface area contributed by atoms with E-state index in [0.717, 1.165) is 67.8 Å². The van der Waals surface area contributed by atoms with Crippen molar-refractivity contribution in [3.8, 4) is 35.3 Å².